The molecular formula is C25H25ClN2O4. The van der Waals surface area contributed by atoms with Gasteiger partial charge in [0.15, 0.2) is 11.5 Å². The minimum Gasteiger partial charge on any atom is -0.493 e. The van der Waals surface area contributed by atoms with Crippen molar-refractivity contribution < 1.29 is 19.0 Å². The molecule has 1 saturated heterocycles. The van der Waals surface area contributed by atoms with E-state index in [-0.39, 0.29) is 5.91 Å². The van der Waals surface area contributed by atoms with Crippen LogP contribution in [-0.4, -0.2) is 31.2 Å². The van der Waals surface area contributed by atoms with Crippen molar-refractivity contribution in [1.82, 2.24) is 4.98 Å². The van der Waals surface area contributed by atoms with Crippen molar-refractivity contribution >= 4 is 23.2 Å². The third-order valence-electron chi connectivity index (χ3n) is 5.72. The molecule has 2 heterocycles. The summed E-state index contributed by atoms with van der Waals surface area (Å²) in [7, 11) is 1.59. The standard InChI is InChI=1S/C25H25ClN2O4/c1-30-22-6-5-21(16-23(22)32-17-18-7-11-27-12-8-18)28-24(29)25(9-13-31-14-10-25)19-3-2-4-20(26)15-19/h2-8,11-12,15-16H,9-10,13-14,17H2,1H3,(H,28,29). The first-order chi connectivity index (χ1) is 15.6. The maximum atomic E-state index is 13.6. The number of anilines is 1. The van der Waals surface area contributed by atoms with E-state index >= 15 is 0 Å². The lowest BCUT2D eigenvalue weighted by Gasteiger charge is -2.36. The number of nitrogens with one attached hydrogen (secondary N) is 1. The highest BCUT2D eigenvalue weighted by molar-refractivity contribution is 6.30. The second-order valence-electron chi connectivity index (χ2n) is 7.67. The molecule has 0 radical (unpaired) electrons. The normalized spacial score (nSPS) is 15.1. The molecule has 0 saturated carbocycles. The van der Waals surface area contributed by atoms with Gasteiger partial charge in [-0.2, -0.15) is 0 Å². The van der Waals surface area contributed by atoms with E-state index in [1.165, 1.54) is 0 Å². The molecule has 4 rings (SSSR count). The van der Waals surface area contributed by atoms with E-state index < -0.39 is 5.41 Å². The van der Waals surface area contributed by atoms with Gasteiger partial charge in [-0.1, -0.05) is 23.7 Å². The number of methoxy groups -OCH3 is 1. The van der Waals surface area contributed by atoms with Crippen LogP contribution in [0.1, 0.15) is 24.0 Å². The van der Waals surface area contributed by atoms with Gasteiger partial charge in [-0.05, 0) is 60.4 Å². The van der Waals surface area contributed by atoms with Crippen LogP contribution in [0.25, 0.3) is 0 Å². The SMILES string of the molecule is COc1ccc(NC(=O)C2(c3cccc(Cl)c3)CCOCC2)cc1OCc1ccncc1. The Morgan fingerprint density at radius 2 is 1.88 bits per heavy atom. The lowest BCUT2D eigenvalue weighted by molar-refractivity contribution is -0.125. The molecule has 6 nitrogen and oxygen atoms in total. The van der Waals surface area contributed by atoms with E-state index in [0.29, 0.717) is 54.9 Å². The Balaban J connectivity index is 1.57. The number of carbonyl (C=O) groups excluding carboxylic acids is 1. The maximum absolute atomic E-state index is 13.6. The molecule has 1 N–H and O–H groups in total. The van der Waals surface area contributed by atoms with E-state index in [1.54, 1.807) is 37.7 Å². The van der Waals surface area contributed by atoms with Crippen LogP contribution >= 0.6 is 11.6 Å². The van der Waals surface area contributed by atoms with Crippen LogP contribution < -0.4 is 14.8 Å². The average molecular weight is 453 g/mol. The van der Waals surface area contributed by atoms with Gasteiger partial charge in [0.2, 0.25) is 5.91 Å². The third-order valence-corrected chi connectivity index (χ3v) is 5.96. The summed E-state index contributed by atoms with van der Waals surface area (Å²) in [5, 5.41) is 3.69. The molecule has 0 bridgehead atoms. The number of hydrogen-bond acceptors (Lipinski definition) is 5. The molecule has 2 aromatic carbocycles. The van der Waals surface area contributed by atoms with Gasteiger partial charge in [0.05, 0.1) is 12.5 Å². The van der Waals surface area contributed by atoms with Crippen LogP contribution in [0, 0.1) is 0 Å². The molecule has 0 atom stereocenters. The predicted octanol–water partition coefficient (Wildman–Crippen LogP) is 5.01. The van der Waals surface area contributed by atoms with Crippen molar-refractivity contribution in [3.8, 4) is 11.5 Å². The Labute approximate surface area is 192 Å². The van der Waals surface area contributed by atoms with Gasteiger partial charge in [0.25, 0.3) is 0 Å². The molecule has 0 unspecified atom stereocenters. The minimum absolute atomic E-state index is 0.0895. The number of rotatable bonds is 7. The zero-order valence-electron chi connectivity index (χ0n) is 17.8. The Hall–Kier alpha value is -3.09. The second-order valence-corrected chi connectivity index (χ2v) is 8.11. The first-order valence-corrected chi connectivity index (χ1v) is 10.8. The van der Waals surface area contributed by atoms with E-state index in [0.717, 1.165) is 11.1 Å². The Morgan fingerprint density at radius 1 is 1.09 bits per heavy atom. The van der Waals surface area contributed by atoms with Crippen LogP contribution in [0.3, 0.4) is 0 Å². The molecule has 0 spiro atoms. The monoisotopic (exact) mass is 452 g/mol. The summed E-state index contributed by atoms with van der Waals surface area (Å²) in [5.41, 5.74) is 1.81. The van der Waals surface area contributed by atoms with Gasteiger partial charge in [-0.25, -0.2) is 0 Å². The third kappa shape index (κ3) is 4.87. The summed E-state index contributed by atoms with van der Waals surface area (Å²) in [4.78, 5) is 17.6. The first-order valence-electron chi connectivity index (χ1n) is 10.5. The van der Waals surface area contributed by atoms with Crippen molar-refractivity contribution in [3.05, 3.63) is 83.1 Å². The van der Waals surface area contributed by atoms with Crippen molar-refractivity contribution in [2.45, 2.75) is 24.9 Å². The Morgan fingerprint density at radius 3 is 2.59 bits per heavy atom. The van der Waals surface area contributed by atoms with E-state index in [2.05, 4.69) is 10.3 Å². The smallest absolute Gasteiger partial charge is 0.235 e. The van der Waals surface area contributed by atoms with Crippen molar-refractivity contribution in [2.24, 2.45) is 0 Å². The molecule has 1 aliphatic rings. The van der Waals surface area contributed by atoms with Gasteiger partial charge in [-0.3, -0.25) is 9.78 Å². The highest BCUT2D eigenvalue weighted by Gasteiger charge is 2.42. The molecule has 32 heavy (non-hydrogen) atoms. The molecule has 166 valence electrons. The molecule has 1 aliphatic heterocycles. The molecule has 3 aromatic rings. The summed E-state index contributed by atoms with van der Waals surface area (Å²) in [6, 6.07) is 16.7. The van der Waals surface area contributed by atoms with Gasteiger partial charge in [-0.15, -0.1) is 0 Å². The summed E-state index contributed by atoms with van der Waals surface area (Å²) in [6.07, 6.45) is 4.60. The number of ether oxygens (including phenoxy) is 3. The highest BCUT2D eigenvalue weighted by atomic mass is 35.5. The first kappa shape index (κ1) is 22.1. The van der Waals surface area contributed by atoms with Crippen molar-refractivity contribution in [1.29, 1.82) is 0 Å². The number of benzene rings is 2. The van der Waals surface area contributed by atoms with E-state index in [4.69, 9.17) is 25.8 Å². The zero-order valence-corrected chi connectivity index (χ0v) is 18.6. The average Bonchev–Trinajstić information content (AvgIpc) is 2.84. The zero-order chi connectivity index (χ0) is 22.4. The second kappa shape index (κ2) is 10.0. The van der Waals surface area contributed by atoms with Crippen LogP contribution in [0.5, 0.6) is 11.5 Å². The number of carbonyl (C=O) groups is 1. The van der Waals surface area contributed by atoms with E-state index in [9.17, 15) is 4.79 Å². The lowest BCUT2D eigenvalue weighted by Crippen LogP contribution is -2.44. The van der Waals surface area contributed by atoms with Gasteiger partial charge in [0.1, 0.15) is 6.61 Å². The molecule has 1 amide bonds. The van der Waals surface area contributed by atoms with Gasteiger partial charge in [0, 0.05) is 42.4 Å². The van der Waals surface area contributed by atoms with Crippen LogP contribution in [0.2, 0.25) is 5.02 Å². The molecule has 1 aromatic heterocycles. The lowest BCUT2D eigenvalue weighted by atomic mass is 9.73. The number of aromatic nitrogens is 1. The largest absolute Gasteiger partial charge is 0.493 e. The summed E-state index contributed by atoms with van der Waals surface area (Å²) < 4.78 is 16.9. The highest BCUT2D eigenvalue weighted by Crippen LogP contribution is 2.38. The minimum atomic E-state index is -0.707. The van der Waals surface area contributed by atoms with E-state index in [1.807, 2.05) is 36.4 Å². The fraction of sp³-hybridized carbons (Fsp3) is 0.280. The van der Waals surface area contributed by atoms with Crippen LogP contribution in [-0.2, 0) is 21.6 Å². The topological polar surface area (TPSA) is 69.7 Å². The summed E-state index contributed by atoms with van der Waals surface area (Å²) in [5.74, 6) is 1.05. The molecular weight excluding hydrogens is 428 g/mol. The number of amides is 1. The molecule has 7 heteroatoms. The summed E-state index contributed by atoms with van der Waals surface area (Å²) >= 11 is 6.23. The van der Waals surface area contributed by atoms with Crippen LogP contribution in [0.4, 0.5) is 5.69 Å². The van der Waals surface area contributed by atoms with Gasteiger partial charge >= 0.3 is 0 Å². The Bertz CT molecular complexity index is 1070. The number of halogens is 1. The van der Waals surface area contributed by atoms with Crippen molar-refractivity contribution in [3.63, 3.8) is 0 Å². The fourth-order valence-electron chi connectivity index (χ4n) is 3.91. The Kier molecular flexibility index (Phi) is 6.93. The maximum Gasteiger partial charge on any atom is 0.235 e. The number of nitrogens with zero attached hydrogens (tertiary/aromatic N) is 1. The predicted molar refractivity (Wildman–Crippen MR) is 123 cm³/mol. The van der Waals surface area contributed by atoms with Crippen LogP contribution in [0.15, 0.2) is 67.0 Å². The molecule has 0 aliphatic carbocycles. The van der Waals surface area contributed by atoms with Gasteiger partial charge < -0.3 is 19.5 Å². The fourth-order valence-corrected chi connectivity index (χ4v) is 4.10. The summed E-state index contributed by atoms with van der Waals surface area (Å²) in [6.45, 7) is 1.39. The number of pyridine rings is 1. The molecule has 1 fully saturated rings. The van der Waals surface area contributed by atoms with Crippen molar-refractivity contribution in [2.75, 3.05) is 25.6 Å². The quantitative estimate of drug-likeness (QED) is 0.545. The number of hydrogen-bond donors (Lipinski definition) is 1.